The molecule has 0 aliphatic carbocycles. The van der Waals surface area contributed by atoms with Gasteiger partial charge in [-0.15, -0.1) is 0 Å². The minimum absolute atomic E-state index is 0.00238. The predicted molar refractivity (Wildman–Crippen MR) is 74.6 cm³/mol. The predicted octanol–water partition coefficient (Wildman–Crippen LogP) is 1.54. The van der Waals surface area contributed by atoms with E-state index in [9.17, 15) is 9.59 Å². The molecule has 110 valence electrons. The molecule has 2 aliphatic heterocycles. The highest BCUT2D eigenvalue weighted by Crippen LogP contribution is 2.41. The van der Waals surface area contributed by atoms with Crippen LogP contribution in [0.15, 0.2) is 0 Å². The van der Waals surface area contributed by atoms with Crippen molar-refractivity contribution in [3.8, 4) is 6.07 Å². The third-order valence-corrected chi connectivity index (χ3v) is 5.00. The van der Waals surface area contributed by atoms with Crippen molar-refractivity contribution in [3.63, 3.8) is 0 Å². The Hall–Kier alpha value is -1.41. The first-order valence-electron chi connectivity index (χ1n) is 7.53. The molecule has 5 heteroatoms. The molecule has 0 unspecified atom stereocenters. The number of carbonyl (C=O) groups excluding carboxylic acids is 2. The van der Waals surface area contributed by atoms with Crippen LogP contribution in [0.1, 0.15) is 46.0 Å². The van der Waals surface area contributed by atoms with Gasteiger partial charge in [0.15, 0.2) is 0 Å². The number of carbonyl (C=O) groups is 2. The van der Waals surface area contributed by atoms with Crippen LogP contribution in [-0.2, 0) is 9.59 Å². The summed E-state index contributed by atoms with van der Waals surface area (Å²) >= 11 is 0. The first kappa shape index (κ1) is 15.0. The van der Waals surface area contributed by atoms with Crippen LogP contribution in [-0.4, -0.2) is 47.3 Å². The Morgan fingerprint density at radius 3 is 2.30 bits per heavy atom. The summed E-state index contributed by atoms with van der Waals surface area (Å²) in [7, 11) is 0. The Labute approximate surface area is 120 Å². The average Bonchev–Trinajstić information content (AvgIpc) is 2.72. The number of amides is 2. The van der Waals surface area contributed by atoms with Gasteiger partial charge >= 0.3 is 0 Å². The lowest BCUT2D eigenvalue weighted by molar-refractivity contribution is -0.145. The lowest BCUT2D eigenvalue weighted by Gasteiger charge is -2.35. The molecule has 2 rings (SSSR count). The zero-order chi connectivity index (χ0) is 14.8. The summed E-state index contributed by atoms with van der Waals surface area (Å²) < 4.78 is 0. The van der Waals surface area contributed by atoms with Gasteiger partial charge in [0.2, 0.25) is 11.8 Å². The molecule has 2 amide bonds. The third kappa shape index (κ3) is 2.45. The van der Waals surface area contributed by atoms with Crippen molar-refractivity contribution in [1.82, 2.24) is 9.80 Å². The maximum Gasteiger partial charge on any atom is 0.236 e. The summed E-state index contributed by atoms with van der Waals surface area (Å²) in [5.74, 6) is 0.0312. The van der Waals surface area contributed by atoms with Crippen LogP contribution in [0.25, 0.3) is 0 Å². The molecule has 5 nitrogen and oxygen atoms in total. The number of piperidine rings is 1. The average molecular weight is 277 g/mol. The lowest BCUT2D eigenvalue weighted by Crippen LogP contribution is -2.48. The van der Waals surface area contributed by atoms with E-state index in [4.69, 9.17) is 5.26 Å². The van der Waals surface area contributed by atoms with Crippen molar-refractivity contribution in [2.45, 2.75) is 52.0 Å². The van der Waals surface area contributed by atoms with E-state index in [1.807, 2.05) is 13.8 Å². The van der Waals surface area contributed by atoms with Crippen molar-refractivity contribution in [3.05, 3.63) is 0 Å². The number of hydrogen-bond acceptors (Lipinski definition) is 4. The topological polar surface area (TPSA) is 64.4 Å². The number of likely N-dealkylation sites (tertiary alicyclic amines) is 2. The van der Waals surface area contributed by atoms with Gasteiger partial charge < -0.3 is 0 Å². The van der Waals surface area contributed by atoms with Crippen LogP contribution >= 0.6 is 0 Å². The standard InChI is InChI=1S/C15H23N3O2/c1-3-15(4-2)11-13(19)18(14(15)20)12-5-8-17(9-6-12)10-7-16/h12H,3-6,8-11H2,1-2H3. The number of rotatable bonds is 4. The molecule has 0 bridgehead atoms. The zero-order valence-corrected chi connectivity index (χ0v) is 12.4. The fourth-order valence-electron chi connectivity index (χ4n) is 3.43. The minimum atomic E-state index is -0.457. The summed E-state index contributed by atoms with van der Waals surface area (Å²) in [6.07, 6.45) is 3.43. The van der Waals surface area contributed by atoms with Gasteiger partial charge in [0.25, 0.3) is 0 Å². The maximum atomic E-state index is 12.6. The van der Waals surface area contributed by atoms with Crippen LogP contribution in [0.2, 0.25) is 0 Å². The largest absolute Gasteiger partial charge is 0.290 e. The molecule has 0 aromatic carbocycles. The lowest BCUT2D eigenvalue weighted by atomic mass is 9.81. The second-order valence-electron chi connectivity index (χ2n) is 5.90. The second-order valence-corrected chi connectivity index (χ2v) is 5.90. The molecule has 2 heterocycles. The molecule has 2 fully saturated rings. The van der Waals surface area contributed by atoms with Gasteiger partial charge in [0, 0.05) is 25.6 Å². The summed E-state index contributed by atoms with van der Waals surface area (Å²) in [5, 5.41) is 8.70. The van der Waals surface area contributed by atoms with Crippen molar-refractivity contribution < 1.29 is 9.59 Å². The van der Waals surface area contributed by atoms with Crippen molar-refractivity contribution in [1.29, 1.82) is 5.26 Å². The molecule has 2 aliphatic rings. The summed E-state index contributed by atoms with van der Waals surface area (Å²) in [6.45, 7) is 6.00. The Morgan fingerprint density at radius 1 is 1.25 bits per heavy atom. The molecule has 0 atom stereocenters. The quantitative estimate of drug-likeness (QED) is 0.577. The van der Waals surface area contributed by atoms with E-state index in [0.717, 1.165) is 38.8 Å². The van der Waals surface area contributed by atoms with Gasteiger partial charge in [0.1, 0.15) is 0 Å². The van der Waals surface area contributed by atoms with Gasteiger partial charge in [-0.25, -0.2) is 0 Å². The van der Waals surface area contributed by atoms with Crippen molar-refractivity contribution >= 4 is 11.8 Å². The fraction of sp³-hybridized carbons (Fsp3) is 0.800. The Balaban J connectivity index is 2.05. The minimum Gasteiger partial charge on any atom is -0.290 e. The van der Waals surface area contributed by atoms with E-state index in [2.05, 4.69) is 11.0 Å². The molecular weight excluding hydrogens is 254 g/mol. The maximum absolute atomic E-state index is 12.6. The molecule has 0 aromatic rings. The Bertz CT molecular complexity index is 429. The molecule has 2 saturated heterocycles. The summed E-state index contributed by atoms with van der Waals surface area (Å²) in [5.41, 5.74) is -0.457. The summed E-state index contributed by atoms with van der Waals surface area (Å²) in [4.78, 5) is 28.5. The molecule has 0 aromatic heterocycles. The normalized spacial score (nSPS) is 24.1. The Kier molecular flexibility index (Phi) is 4.44. The van der Waals surface area contributed by atoms with Gasteiger partial charge in [-0.1, -0.05) is 13.8 Å². The zero-order valence-electron chi connectivity index (χ0n) is 12.4. The number of nitriles is 1. The van der Waals surface area contributed by atoms with Crippen LogP contribution in [0, 0.1) is 16.7 Å². The van der Waals surface area contributed by atoms with Crippen LogP contribution in [0.5, 0.6) is 0 Å². The van der Waals surface area contributed by atoms with Crippen molar-refractivity contribution in [2.75, 3.05) is 19.6 Å². The molecule has 0 spiro atoms. The van der Waals surface area contributed by atoms with Crippen LogP contribution in [0.3, 0.4) is 0 Å². The number of nitrogens with zero attached hydrogens (tertiary/aromatic N) is 3. The summed E-state index contributed by atoms with van der Waals surface area (Å²) in [6, 6.07) is 2.18. The van der Waals surface area contributed by atoms with E-state index >= 15 is 0 Å². The third-order valence-electron chi connectivity index (χ3n) is 5.00. The fourth-order valence-corrected chi connectivity index (χ4v) is 3.43. The van der Waals surface area contributed by atoms with Gasteiger partial charge in [0.05, 0.1) is 18.0 Å². The van der Waals surface area contributed by atoms with Crippen molar-refractivity contribution in [2.24, 2.45) is 5.41 Å². The van der Waals surface area contributed by atoms with E-state index in [0.29, 0.717) is 13.0 Å². The SMILES string of the molecule is CCC1(CC)CC(=O)N(C2CCN(CC#N)CC2)C1=O. The van der Waals surface area contributed by atoms with Crippen LogP contribution in [0.4, 0.5) is 0 Å². The molecule has 0 saturated carbocycles. The van der Waals surface area contributed by atoms with E-state index in [1.165, 1.54) is 4.90 Å². The van der Waals surface area contributed by atoms with Gasteiger partial charge in [-0.3, -0.25) is 19.4 Å². The Morgan fingerprint density at radius 2 is 1.85 bits per heavy atom. The molecule has 20 heavy (non-hydrogen) atoms. The molecular formula is C15H23N3O2. The van der Waals surface area contributed by atoms with E-state index < -0.39 is 5.41 Å². The van der Waals surface area contributed by atoms with E-state index in [-0.39, 0.29) is 17.9 Å². The number of imide groups is 1. The number of hydrogen-bond donors (Lipinski definition) is 0. The molecule has 0 N–H and O–H groups in total. The van der Waals surface area contributed by atoms with Crippen LogP contribution < -0.4 is 0 Å². The van der Waals surface area contributed by atoms with E-state index in [1.54, 1.807) is 0 Å². The monoisotopic (exact) mass is 277 g/mol. The van der Waals surface area contributed by atoms with Gasteiger partial charge in [-0.2, -0.15) is 5.26 Å². The highest BCUT2D eigenvalue weighted by atomic mass is 16.2. The first-order valence-corrected chi connectivity index (χ1v) is 7.53. The van der Waals surface area contributed by atoms with Gasteiger partial charge in [-0.05, 0) is 25.7 Å². The smallest absolute Gasteiger partial charge is 0.236 e. The second kappa shape index (κ2) is 5.92. The first-order chi connectivity index (χ1) is 9.57. The molecule has 0 radical (unpaired) electrons. The highest BCUT2D eigenvalue weighted by molar-refractivity contribution is 6.06. The highest BCUT2D eigenvalue weighted by Gasteiger charge is 2.51.